The highest BCUT2D eigenvalue weighted by molar-refractivity contribution is 7.90. The number of ether oxygens (including phenoxy) is 1. The lowest BCUT2D eigenvalue weighted by Gasteiger charge is -2.04. The van der Waals surface area contributed by atoms with E-state index in [0.717, 1.165) is 0 Å². The van der Waals surface area contributed by atoms with E-state index >= 15 is 0 Å². The van der Waals surface area contributed by atoms with Gasteiger partial charge in [-0.2, -0.15) is 0 Å². The molecule has 0 spiro atoms. The quantitative estimate of drug-likeness (QED) is 0.671. The van der Waals surface area contributed by atoms with Crippen molar-refractivity contribution in [3.8, 4) is 0 Å². The average molecular weight is 207 g/mol. The second-order valence-electron chi connectivity index (χ2n) is 2.22. The van der Waals surface area contributed by atoms with Gasteiger partial charge in [0.2, 0.25) is 10.0 Å². The smallest absolute Gasteiger partial charge is 0.420 e. The summed E-state index contributed by atoms with van der Waals surface area (Å²) in [5.74, 6) is -0.157. The van der Waals surface area contributed by atoms with Gasteiger partial charge in [0.05, 0.1) is 12.4 Å². The van der Waals surface area contributed by atoms with E-state index in [9.17, 15) is 13.2 Å². The molecule has 0 atom stereocenters. The largest absolute Gasteiger partial charge is 0.449 e. The molecule has 0 rings (SSSR count). The Hall–Kier alpha value is -1.04. The summed E-state index contributed by atoms with van der Waals surface area (Å²) in [4.78, 5) is 10.7. The highest BCUT2D eigenvalue weighted by atomic mass is 32.2. The Kier molecular flexibility index (Phi) is 5.13. The fourth-order valence-corrected chi connectivity index (χ4v) is 1.47. The van der Waals surface area contributed by atoms with Gasteiger partial charge in [0, 0.05) is 0 Å². The van der Waals surface area contributed by atoms with E-state index in [1.165, 1.54) is 6.08 Å². The highest BCUT2D eigenvalue weighted by Gasteiger charge is 2.13. The minimum absolute atomic E-state index is 0.142. The third-order valence-corrected chi connectivity index (χ3v) is 2.36. The number of carbonyl (C=O) groups is 1. The van der Waals surface area contributed by atoms with Crippen LogP contribution < -0.4 is 4.72 Å². The summed E-state index contributed by atoms with van der Waals surface area (Å²) >= 11 is 0. The standard InChI is InChI=1S/C7H13NO4S/c1-3-5-6-13(10,11)8-7(9)12-4-2/h3H,1,4-6H2,2H3,(H,8,9). The molecule has 0 fully saturated rings. The number of amides is 1. The number of hydrogen-bond acceptors (Lipinski definition) is 4. The molecule has 0 saturated heterocycles. The van der Waals surface area contributed by atoms with E-state index in [2.05, 4.69) is 11.3 Å². The van der Waals surface area contributed by atoms with Gasteiger partial charge in [-0.05, 0) is 13.3 Å². The Morgan fingerprint density at radius 1 is 1.62 bits per heavy atom. The van der Waals surface area contributed by atoms with Crippen molar-refractivity contribution in [2.24, 2.45) is 0 Å². The van der Waals surface area contributed by atoms with E-state index in [1.54, 1.807) is 11.6 Å². The van der Waals surface area contributed by atoms with Crippen molar-refractivity contribution in [3.05, 3.63) is 12.7 Å². The molecule has 76 valence electrons. The fourth-order valence-electron chi connectivity index (χ4n) is 0.577. The number of sulfonamides is 1. The molecule has 0 aromatic rings. The molecule has 0 aliphatic heterocycles. The Morgan fingerprint density at radius 3 is 2.69 bits per heavy atom. The van der Waals surface area contributed by atoms with Gasteiger partial charge < -0.3 is 4.74 Å². The van der Waals surface area contributed by atoms with E-state index < -0.39 is 16.1 Å². The van der Waals surface area contributed by atoms with Gasteiger partial charge >= 0.3 is 6.09 Å². The molecule has 0 unspecified atom stereocenters. The predicted octanol–water partition coefficient (Wildman–Crippen LogP) is 0.638. The van der Waals surface area contributed by atoms with Crippen molar-refractivity contribution in [2.45, 2.75) is 13.3 Å². The Balaban J connectivity index is 4.02. The van der Waals surface area contributed by atoms with Crippen LogP contribution in [0.5, 0.6) is 0 Å². The molecule has 0 radical (unpaired) electrons. The summed E-state index contributed by atoms with van der Waals surface area (Å²) < 4.78 is 28.2. The van der Waals surface area contributed by atoms with Crippen LogP contribution in [0.25, 0.3) is 0 Å². The van der Waals surface area contributed by atoms with E-state index in [1.807, 2.05) is 0 Å². The van der Waals surface area contributed by atoms with Gasteiger partial charge in [0.15, 0.2) is 0 Å². The molecular formula is C7H13NO4S. The Labute approximate surface area is 77.8 Å². The molecular weight excluding hydrogens is 194 g/mol. The van der Waals surface area contributed by atoms with E-state index in [0.29, 0.717) is 6.42 Å². The highest BCUT2D eigenvalue weighted by Crippen LogP contribution is 1.91. The molecule has 0 aromatic carbocycles. The number of carbonyl (C=O) groups excluding carboxylic acids is 1. The minimum Gasteiger partial charge on any atom is -0.449 e. The van der Waals surface area contributed by atoms with Crippen LogP contribution in [0, 0.1) is 0 Å². The number of nitrogens with one attached hydrogen (secondary N) is 1. The Morgan fingerprint density at radius 2 is 2.23 bits per heavy atom. The van der Waals surface area contributed by atoms with Crippen LogP contribution in [-0.4, -0.2) is 26.9 Å². The van der Waals surface area contributed by atoms with Gasteiger partial charge in [0.25, 0.3) is 0 Å². The summed E-state index contributed by atoms with van der Waals surface area (Å²) in [5, 5.41) is 0. The summed E-state index contributed by atoms with van der Waals surface area (Å²) in [6, 6.07) is 0. The lowest BCUT2D eigenvalue weighted by Crippen LogP contribution is -2.32. The molecule has 6 heteroatoms. The predicted molar refractivity (Wildman–Crippen MR) is 48.8 cm³/mol. The molecule has 0 aromatic heterocycles. The van der Waals surface area contributed by atoms with Gasteiger partial charge in [-0.15, -0.1) is 6.58 Å². The van der Waals surface area contributed by atoms with E-state index in [4.69, 9.17) is 0 Å². The molecule has 1 amide bonds. The third-order valence-electron chi connectivity index (χ3n) is 1.10. The van der Waals surface area contributed by atoms with Crippen LogP contribution in [0.15, 0.2) is 12.7 Å². The number of rotatable bonds is 5. The number of hydrogen-bond donors (Lipinski definition) is 1. The molecule has 13 heavy (non-hydrogen) atoms. The Bertz CT molecular complexity index is 270. The van der Waals surface area contributed by atoms with Crippen LogP contribution in [0.1, 0.15) is 13.3 Å². The lowest BCUT2D eigenvalue weighted by molar-refractivity contribution is 0.158. The van der Waals surface area contributed by atoms with Crippen molar-refractivity contribution >= 4 is 16.1 Å². The van der Waals surface area contributed by atoms with Crippen LogP contribution in [0.3, 0.4) is 0 Å². The molecule has 0 saturated carbocycles. The molecule has 0 aliphatic carbocycles. The molecule has 0 aliphatic rings. The fraction of sp³-hybridized carbons (Fsp3) is 0.571. The summed E-state index contributed by atoms with van der Waals surface area (Å²) in [6.07, 6.45) is 0.825. The second kappa shape index (κ2) is 5.58. The van der Waals surface area contributed by atoms with Gasteiger partial charge in [0.1, 0.15) is 0 Å². The van der Waals surface area contributed by atoms with Crippen LogP contribution in [0.2, 0.25) is 0 Å². The first-order valence-corrected chi connectivity index (χ1v) is 5.45. The second-order valence-corrected chi connectivity index (χ2v) is 4.06. The lowest BCUT2D eigenvalue weighted by atomic mass is 10.5. The van der Waals surface area contributed by atoms with Crippen molar-refractivity contribution < 1.29 is 17.9 Å². The number of allylic oxidation sites excluding steroid dienone is 1. The summed E-state index contributed by atoms with van der Waals surface area (Å²) in [7, 11) is -3.56. The zero-order chi connectivity index (χ0) is 10.3. The van der Waals surface area contributed by atoms with Gasteiger partial charge in [-0.25, -0.2) is 17.9 Å². The van der Waals surface area contributed by atoms with E-state index in [-0.39, 0.29) is 12.4 Å². The minimum atomic E-state index is -3.56. The maximum absolute atomic E-state index is 11.0. The topological polar surface area (TPSA) is 72.5 Å². The first-order valence-electron chi connectivity index (χ1n) is 3.80. The SMILES string of the molecule is C=CCCS(=O)(=O)NC(=O)OCC. The third kappa shape index (κ3) is 6.15. The van der Waals surface area contributed by atoms with Crippen LogP contribution >= 0.6 is 0 Å². The summed E-state index contributed by atoms with van der Waals surface area (Å²) in [6.45, 7) is 5.11. The normalized spacial score (nSPS) is 10.5. The molecule has 1 N–H and O–H groups in total. The maximum atomic E-state index is 11.0. The first kappa shape index (κ1) is 12.0. The molecule has 0 heterocycles. The van der Waals surface area contributed by atoms with Crippen molar-refractivity contribution in [1.29, 1.82) is 0 Å². The summed E-state index contributed by atoms with van der Waals surface area (Å²) in [5.41, 5.74) is 0. The van der Waals surface area contributed by atoms with Gasteiger partial charge in [-0.1, -0.05) is 6.08 Å². The maximum Gasteiger partial charge on any atom is 0.420 e. The van der Waals surface area contributed by atoms with Crippen LogP contribution in [-0.2, 0) is 14.8 Å². The van der Waals surface area contributed by atoms with Gasteiger partial charge in [-0.3, -0.25) is 0 Å². The van der Waals surface area contributed by atoms with Crippen molar-refractivity contribution in [3.63, 3.8) is 0 Å². The van der Waals surface area contributed by atoms with Crippen molar-refractivity contribution in [1.82, 2.24) is 4.72 Å². The van der Waals surface area contributed by atoms with Crippen LogP contribution in [0.4, 0.5) is 4.79 Å². The zero-order valence-electron chi connectivity index (χ0n) is 7.45. The first-order chi connectivity index (χ1) is 6.02. The monoisotopic (exact) mass is 207 g/mol. The molecule has 5 nitrogen and oxygen atoms in total. The molecule has 0 bridgehead atoms. The zero-order valence-corrected chi connectivity index (χ0v) is 8.26. The average Bonchev–Trinajstić information content (AvgIpc) is 2.00. The van der Waals surface area contributed by atoms with Crippen molar-refractivity contribution in [2.75, 3.05) is 12.4 Å².